The summed E-state index contributed by atoms with van der Waals surface area (Å²) in [6.07, 6.45) is 1.80. The van der Waals surface area contributed by atoms with Crippen LogP contribution < -0.4 is 74.5 Å². The van der Waals surface area contributed by atoms with Crippen molar-refractivity contribution >= 4 is 49.2 Å². The van der Waals surface area contributed by atoms with Crippen LogP contribution in [0.3, 0.4) is 0 Å². The molecule has 47 heavy (non-hydrogen) atoms. The third-order valence-corrected chi connectivity index (χ3v) is 9.28. The van der Waals surface area contributed by atoms with Gasteiger partial charge in [-0.2, -0.15) is 0 Å². The third kappa shape index (κ3) is 10.1. The van der Waals surface area contributed by atoms with Gasteiger partial charge in [0, 0.05) is 29.4 Å². The molecule has 0 aliphatic carbocycles. The topological polar surface area (TPSA) is 118 Å². The number of anilines is 1. The molecule has 0 aromatic heterocycles. The van der Waals surface area contributed by atoms with Crippen LogP contribution in [0.4, 0.5) is 5.69 Å². The van der Waals surface area contributed by atoms with Crippen molar-refractivity contribution in [3.05, 3.63) is 159 Å². The number of nitrogens with zero attached hydrogens (tertiary/aromatic N) is 1. The summed E-state index contributed by atoms with van der Waals surface area (Å²) >= 11 is 6.67. The number of halogens is 1. The first-order valence-corrected chi connectivity index (χ1v) is 17.1. The molecule has 0 spiro atoms. The number of benzene rings is 5. The van der Waals surface area contributed by atoms with Crippen LogP contribution in [0.25, 0.3) is 11.6 Å². The molecule has 0 aliphatic rings. The van der Waals surface area contributed by atoms with E-state index in [1.165, 1.54) is 30.3 Å². The minimum absolute atomic E-state index is 0. The minimum atomic E-state index is -4.56. The Labute approximate surface area is 324 Å². The molecule has 0 amide bonds. The van der Waals surface area contributed by atoms with E-state index < -0.39 is 20.2 Å². The van der Waals surface area contributed by atoms with E-state index in [1.54, 1.807) is 24.3 Å². The van der Waals surface area contributed by atoms with Gasteiger partial charge in [0.2, 0.25) is 0 Å². The first kappa shape index (κ1) is 39.2. The Morgan fingerprint density at radius 2 is 1.32 bits per heavy atom. The van der Waals surface area contributed by atoms with Crippen LogP contribution in [0, 0.1) is 0 Å². The van der Waals surface area contributed by atoms with Gasteiger partial charge in [0.15, 0.2) is 0 Å². The fourth-order valence-corrected chi connectivity index (χ4v) is 6.38. The first-order chi connectivity index (χ1) is 21.4. The largest absolute Gasteiger partial charge is 1.00 e. The smallest absolute Gasteiger partial charge is 0.744 e. The molecule has 5 rings (SSSR count). The van der Waals surface area contributed by atoms with Gasteiger partial charge in [-0.05, 0) is 88.2 Å². The third-order valence-electron chi connectivity index (χ3n) is 7.29. The van der Waals surface area contributed by atoms with Crippen molar-refractivity contribution in [3.63, 3.8) is 0 Å². The number of rotatable bonds is 9. The molecule has 7 nitrogen and oxygen atoms in total. The Balaban J connectivity index is 0.00000300. The molecular formula is C35H28ClNNa2O6S2. The molecule has 5 aromatic carbocycles. The molecule has 0 heterocycles. The summed E-state index contributed by atoms with van der Waals surface area (Å²) in [4.78, 5) is 1.54. The van der Waals surface area contributed by atoms with Gasteiger partial charge in [0.05, 0.1) is 9.79 Å². The van der Waals surface area contributed by atoms with Crippen LogP contribution in [-0.4, -0.2) is 32.5 Å². The second kappa shape index (κ2) is 16.9. The quantitative estimate of drug-likeness (QED) is 0.147. The van der Waals surface area contributed by atoms with E-state index in [-0.39, 0.29) is 68.9 Å². The Morgan fingerprint density at radius 1 is 0.723 bits per heavy atom. The van der Waals surface area contributed by atoms with E-state index in [0.29, 0.717) is 29.2 Å². The van der Waals surface area contributed by atoms with Crippen molar-refractivity contribution in [2.45, 2.75) is 23.3 Å². The van der Waals surface area contributed by atoms with Gasteiger partial charge in [-0.3, -0.25) is 0 Å². The molecular weight excluding hydrogens is 676 g/mol. The zero-order valence-corrected chi connectivity index (χ0v) is 32.5. The van der Waals surface area contributed by atoms with E-state index in [4.69, 9.17) is 11.6 Å². The maximum absolute atomic E-state index is 11.5. The molecule has 0 bridgehead atoms. The Kier molecular flexibility index (Phi) is 14.1. The predicted molar refractivity (Wildman–Crippen MR) is 174 cm³/mol. The van der Waals surface area contributed by atoms with Crippen molar-refractivity contribution in [2.24, 2.45) is 0 Å². The monoisotopic (exact) mass is 703 g/mol. The Hall–Kier alpha value is -2.25. The van der Waals surface area contributed by atoms with E-state index in [9.17, 15) is 25.9 Å². The summed E-state index contributed by atoms with van der Waals surface area (Å²) < 4.78 is 68.8. The molecule has 0 saturated carbocycles. The summed E-state index contributed by atoms with van der Waals surface area (Å²) in [5.41, 5.74) is 4.90. The SMILES string of the molecule is CCN(Cc1cccc(S(=O)(=O)[O-])c1)c1ccc(C(c2ccccc2Cl)=c2ccc(=Cc3cccc(S(=O)(=O)[O-])c3)cc2)cc1.[Na+].[Na+]. The predicted octanol–water partition coefficient (Wildman–Crippen LogP) is -0.741. The van der Waals surface area contributed by atoms with Crippen molar-refractivity contribution in [1.29, 1.82) is 0 Å². The molecule has 0 atom stereocenters. The number of hydrogen-bond donors (Lipinski definition) is 0. The number of hydrogen-bond acceptors (Lipinski definition) is 7. The van der Waals surface area contributed by atoms with Crippen molar-refractivity contribution in [3.8, 4) is 0 Å². The molecule has 0 fully saturated rings. The van der Waals surface area contributed by atoms with Crippen LogP contribution in [0.15, 0.2) is 131 Å². The zero-order chi connectivity index (χ0) is 32.2. The van der Waals surface area contributed by atoms with E-state index in [0.717, 1.165) is 32.8 Å². The molecule has 230 valence electrons. The molecule has 0 saturated heterocycles. The molecule has 0 unspecified atom stereocenters. The van der Waals surface area contributed by atoms with Crippen LogP contribution in [0.5, 0.6) is 0 Å². The van der Waals surface area contributed by atoms with Crippen LogP contribution in [-0.2, 0) is 26.8 Å². The van der Waals surface area contributed by atoms with E-state index in [1.807, 2.05) is 79.7 Å². The second-order valence-electron chi connectivity index (χ2n) is 10.3. The van der Waals surface area contributed by atoms with Crippen LogP contribution in [0.1, 0.15) is 29.2 Å². The van der Waals surface area contributed by atoms with Gasteiger partial charge >= 0.3 is 59.1 Å². The second-order valence-corrected chi connectivity index (χ2v) is 13.5. The molecule has 0 N–H and O–H groups in total. The fraction of sp³-hybridized carbons (Fsp3) is 0.0857. The van der Waals surface area contributed by atoms with Crippen molar-refractivity contribution in [2.75, 3.05) is 11.4 Å². The van der Waals surface area contributed by atoms with Crippen molar-refractivity contribution < 1.29 is 85.1 Å². The summed E-state index contributed by atoms with van der Waals surface area (Å²) in [6, 6.07) is 35.3. The van der Waals surface area contributed by atoms with Gasteiger partial charge in [-0.25, -0.2) is 16.8 Å². The molecule has 0 aliphatic heterocycles. The summed E-state index contributed by atoms with van der Waals surface area (Å²) in [6.45, 7) is 3.07. The maximum Gasteiger partial charge on any atom is 1.00 e. The Morgan fingerprint density at radius 3 is 1.91 bits per heavy atom. The van der Waals surface area contributed by atoms with Crippen LogP contribution >= 0.6 is 11.6 Å². The molecule has 0 radical (unpaired) electrons. The van der Waals surface area contributed by atoms with Gasteiger partial charge in [0.1, 0.15) is 20.2 Å². The van der Waals surface area contributed by atoms with Crippen LogP contribution in [0.2, 0.25) is 5.02 Å². The van der Waals surface area contributed by atoms with Gasteiger partial charge in [-0.15, -0.1) is 0 Å². The standard InChI is InChI=1S/C35H30ClNO6S2.2Na/c1-2-37(24-27-8-6-10-32(23-27)45(41,42)43)30-19-17-29(18-20-30)35(33-11-3-4-12-34(33)36)28-15-13-25(14-16-28)21-26-7-5-9-31(22-26)44(38,39)40;;/h3-23H,2,24H2,1H3,(H,38,39,40)(H,41,42,43);;/q;2*+1/p-2. The maximum atomic E-state index is 11.5. The Bertz CT molecular complexity index is 2190. The molecule has 5 aromatic rings. The normalized spacial score (nSPS) is 11.1. The minimum Gasteiger partial charge on any atom is -0.744 e. The summed E-state index contributed by atoms with van der Waals surface area (Å²) in [5.74, 6) is 0. The van der Waals surface area contributed by atoms with Gasteiger partial charge < -0.3 is 14.0 Å². The van der Waals surface area contributed by atoms with Gasteiger partial charge in [-0.1, -0.05) is 90.5 Å². The van der Waals surface area contributed by atoms with E-state index in [2.05, 4.69) is 4.90 Å². The van der Waals surface area contributed by atoms with Crippen molar-refractivity contribution in [1.82, 2.24) is 0 Å². The summed E-state index contributed by atoms with van der Waals surface area (Å²) in [5, 5.41) is 2.32. The molecule has 12 heteroatoms. The average molecular weight is 704 g/mol. The van der Waals surface area contributed by atoms with E-state index >= 15 is 0 Å². The average Bonchev–Trinajstić information content (AvgIpc) is 3.02. The summed E-state index contributed by atoms with van der Waals surface area (Å²) in [7, 11) is -9.10. The fourth-order valence-electron chi connectivity index (χ4n) is 5.08. The van der Waals surface area contributed by atoms with Gasteiger partial charge in [0.25, 0.3) is 0 Å². The zero-order valence-electron chi connectivity index (χ0n) is 26.1. The first-order valence-electron chi connectivity index (χ1n) is 14.0.